The van der Waals surface area contributed by atoms with Gasteiger partial charge in [0.2, 0.25) is 11.7 Å². The minimum absolute atomic E-state index is 0.0643. The summed E-state index contributed by atoms with van der Waals surface area (Å²) in [5.41, 5.74) is -3.23. The molecule has 1 saturated heterocycles. The average molecular weight is 694 g/mol. The normalized spacial score (nSPS) is 27.6. The highest BCUT2D eigenvalue weighted by Crippen LogP contribution is 2.52. The summed E-state index contributed by atoms with van der Waals surface area (Å²) >= 11 is 0. The van der Waals surface area contributed by atoms with Crippen molar-refractivity contribution in [3.63, 3.8) is 0 Å². The lowest BCUT2D eigenvalue weighted by atomic mass is 9.72. The molecular weight excluding hydrogens is 654 g/mol. The van der Waals surface area contributed by atoms with E-state index in [4.69, 9.17) is 14.2 Å². The van der Waals surface area contributed by atoms with Crippen molar-refractivity contribution in [1.29, 1.82) is 0 Å². The predicted molar refractivity (Wildman–Crippen MR) is 172 cm³/mol. The van der Waals surface area contributed by atoms with E-state index in [2.05, 4.69) is 5.32 Å². The van der Waals surface area contributed by atoms with Crippen LogP contribution in [-0.2, 0) is 30.3 Å². The molecule has 2 aromatic carbocycles. The topological polar surface area (TPSA) is 226 Å². The first kappa shape index (κ1) is 35.4. The summed E-state index contributed by atoms with van der Waals surface area (Å²) in [5, 5.41) is 58.3. The number of aliphatic hydroxyl groups excluding tert-OH is 2. The first-order valence-electron chi connectivity index (χ1n) is 16.5. The van der Waals surface area contributed by atoms with E-state index < -0.39 is 102 Å². The number of methoxy groups -OCH3 is 1. The van der Waals surface area contributed by atoms with E-state index in [1.807, 2.05) is 0 Å². The summed E-state index contributed by atoms with van der Waals surface area (Å²) < 4.78 is 17.5. The third-order valence-corrected chi connectivity index (χ3v) is 10.2. The Morgan fingerprint density at radius 3 is 2.36 bits per heavy atom. The van der Waals surface area contributed by atoms with Gasteiger partial charge in [-0.2, -0.15) is 0 Å². The van der Waals surface area contributed by atoms with Gasteiger partial charge in [-0.25, -0.2) is 0 Å². The van der Waals surface area contributed by atoms with E-state index >= 15 is 0 Å². The van der Waals surface area contributed by atoms with Crippen LogP contribution in [0.5, 0.6) is 17.2 Å². The van der Waals surface area contributed by atoms with E-state index in [-0.39, 0.29) is 40.2 Å². The van der Waals surface area contributed by atoms with Gasteiger partial charge < -0.3 is 45.1 Å². The van der Waals surface area contributed by atoms with Crippen LogP contribution in [0.3, 0.4) is 0 Å². The van der Waals surface area contributed by atoms with Crippen LogP contribution in [0.1, 0.15) is 101 Å². The fourth-order valence-electron chi connectivity index (χ4n) is 7.66. The van der Waals surface area contributed by atoms with Crippen molar-refractivity contribution in [2.75, 3.05) is 13.7 Å². The molecule has 50 heavy (non-hydrogen) atoms. The number of hydrogen-bond donors (Lipinski definition) is 6. The minimum atomic E-state index is -2.34. The molecule has 14 heteroatoms. The number of nitrogens with one attached hydrogen (secondary N) is 1. The van der Waals surface area contributed by atoms with Gasteiger partial charge in [0, 0.05) is 47.1 Å². The smallest absolute Gasteiger partial charge is 0.247 e. The molecule has 0 spiro atoms. The molecule has 266 valence electrons. The van der Waals surface area contributed by atoms with Crippen molar-refractivity contribution in [2.24, 2.45) is 0 Å². The average Bonchev–Trinajstić information content (AvgIpc) is 3.09. The Morgan fingerprint density at radius 2 is 1.70 bits per heavy atom. The maximum absolute atomic E-state index is 13.9. The van der Waals surface area contributed by atoms with E-state index in [0.29, 0.717) is 24.0 Å². The van der Waals surface area contributed by atoms with Crippen molar-refractivity contribution >= 4 is 29.0 Å². The number of rotatable bonds is 8. The molecule has 0 bridgehead atoms. The zero-order chi connectivity index (χ0) is 36.2. The molecule has 4 aliphatic rings. The number of aromatic hydroxyl groups is 2. The number of phenolic OH excluding ortho intramolecular Hbond substituents is 2. The van der Waals surface area contributed by atoms with Gasteiger partial charge in [0.15, 0.2) is 23.6 Å². The van der Waals surface area contributed by atoms with E-state index in [9.17, 15) is 49.5 Å². The monoisotopic (exact) mass is 693 g/mol. The number of carbonyl (C=O) groups is 5. The lowest BCUT2D eigenvalue weighted by Gasteiger charge is -2.43. The summed E-state index contributed by atoms with van der Waals surface area (Å²) in [6.45, 7) is 1.86. The van der Waals surface area contributed by atoms with Crippen molar-refractivity contribution in [1.82, 2.24) is 5.32 Å². The highest BCUT2D eigenvalue weighted by molar-refractivity contribution is 6.31. The van der Waals surface area contributed by atoms with Gasteiger partial charge in [0.25, 0.3) is 0 Å². The highest BCUT2D eigenvalue weighted by atomic mass is 16.7. The number of ether oxygens (including phenoxy) is 3. The second-order valence-corrected chi connectivity index (χ2v) is 13.3. The summed E-state index contributed by atoms with van der Waals surface area (Å²) in [4.78, 5) is 66.1. The zero-order valence-electron chi connectivity index (χ0n) is 27.8. The summed E-state index contributed by atoms with van der Waals surface area (Å²) in [6.07, 6.45) is -3.80. The quantitative estimate of drug-likeness (QED) is 0.185. The van der Waals surface area contributed by atoms with Crippen LogP contribution in [0.15, 0.2) is 29.3 Å². The van der Waals surface area contributed by atoms with E-state index in [0.717, 1.165) is 12.8 Å². The molecule has 6 N–H and O–H groups in total. The number of hydrogen-bond acceptors (Lipinski definition) is 13. The Morgan fingerprint density at radius 1 is 1.02 bits per heavy atom. The molecule has 0 radical (unpaired) electrons. The van der Waals surface area contributed by atoms with Crippen molar-refractivity contribution in [2.45, 2.75) is 95.0 Å². The maximum atomic E-state index is 13.9. The van der Waals surface area contributed by atoms with E-state index in [1.165, 1.54) is 39.2 Å². The molecule has 0 unspecified atom stereocenters. The number of allylic oxidation sites excluding steroid dienone is 1. The van der Waals surface area contributed by atoms with E-state index in [1.54, 1.807) is 0 Å². The predicted octanol–water partition coefficient (Wildman–Crippen LogP) is 1.62. The van der Waals surface area contributed by atoms with Crippen LogP contribution in [0.2, 0.25) is 0 Å². The number of aliphatic hydroxyl groups is 3. The lowest BCUT2D eigenvalue weighted by Crippen LogP contribution is -2.56. The van der Waals surface area contributed by atoms with Crippen LogP contribution in [0, 0.1) is 0 Å². The molecule has 1 amide bonds. The first-order chi connectivity index (χ1) is 23.7. The molecule has 14 nitrogen and oxygen atoms in total. The number of fused-ring (bicyclic) bond motifs is 3. The summed E-state index contributed by atoms with van der Waals surface area (Å²) in [6, 6.07) is 3.38. The van der Waals surface area contributed by atoms with Crippen LogP contribution in [-0.4, -0.2) is 98.4 Å². The number of ketones is 4. The molecular formula is C36H39NO13. The fraction of sp³-hybridized carbons (Fsp3) is 0.472. The molecule has 0 aromatic heterocycles. The third kappa shape index (κ3) is 5.80. The van der Waals surface area contributed by atoms with Gasteiger partial charge in [-0.15, -0.1) is 0 Å². The summed E-state index contributed by atoms with van der Waals surface area (Å²) in [5.74, 6) is -4.76. The molecule has 6 atom stereocenters. The SMILES string of the molecule is COc1cccc2c1C(=O)c1c(O)c3c(c(O)c1C2=O)C[C@@](O)(C(=O)CO)C[C@@H]3O[C@H]1C[C@H](NC(=O)C2=C(C(C)=O)CCCC2)[C@H](O)[C@H](C)O1. The van der Waals surface area contributed by atoms with Gasteiger partial charge in [-0.3, -0.25) is 24.0 Å². The fourth-order valence-corrected chi connectivity index (χ4v) is 7.66. The second kappa shape index (κ2) is 13.3. The molecule has 0 saturated carbocycles. The number of phenols is 2. The standard InChI is InChI=1S/C36H39NO13/c1-15(39)17-7-4-5-8-18(17)35(46)37-21-11-25(49-16(2)30(21)41)50-23-13-36(47,24(40)14-38)12-20-27(23)34(45)29-28(32(20)43)31(42)19-9-6-10-22(48-3)26(19)33(29)44/h6,9-10,16,21,23,25,30,38,41,43,45,47H,4-5,7-8,11-14H2,1-3H3,(H,37,46)/t16-,21-,23-,25-,30+,36-/m0/s1. The van der Waals surface area contributed by atoms with Crippen LogP contribution >= 0.6 is 0 Å². The molecule has 2 aromatic rings. The maximum Gasteiger partial charge on any atom is 0.247 e. The second-order valence-electron chi connectivity index (χ2n) is 13.3. The molecule has 1 heterocycles. The van der Waals surface area contributed by atoms with Gasteiger partial charge in [-0.05, 0) is 45.6 Å². The first-order valence-corrected chi connectivity index (χ1v) is 16.5. The van der Waals surface area contributed by atoms with Gasteiger partial charge in [0.05, 0.1) is 42.0 Å². The largest absolute Gasteiger partial charge is 0.507 e. The molecule has 1 aliphatic heterocycles. The van der Waals surface area contributed by atoms with Crippen molar-refractivity contribution in [3.8, 4) is 17.2 Å². The zero-order valence-corrected chi connectivity index (χ0v) is 27.8. The Labute approximate surface area is 286 Å². The van der Waals surface area contributed by atoms with Crippen molar-refractivity contribution < 1.29 is 63.7 Å². The Balaban J connectivity index is 1.39. The van der Waals surface area contributed by atoms with Gasteiger partial charge >= 0.3 is 0 Å². The molecule has 6 rings (SSSR count). The summed E-state index contributed by atoms with van der Waals surface area (Å²) in [7, 11) is 1.31. The van der Waals surface area contributed by atoms with Gasteiger partial charge in [0.1, 0.15) is 35.6 Å². The number of Topliss-reactive ketones (excluding diaryl/α,β-unsaturated/α-hetero) is 2. The lowest BCUT2D eigenvalue weighted by molar-refractivity contribution is -0.249. The van der Waals surface area contributed by atoms with Crippen LogP contribution in [0.4, 0.5) is 0 Å². The molecule has 1 fully saturated rings. The third-order valence-electron chi connectivity index (χ3n) is 10.2. The number of amides is 1. The minimum Gasteiger partial charge on any atom is -0.507 e. The van der Waals surface area contributed by atoms with Crippen LogP contribution in [0.25, 0.3) is 0 Å². The molecule has 3 aliphatic carbocycles. The van der Waals surface area contributed by atoms with Crippen LogP contribution < -0.4 is 10.1 Å². The number of benzene rings is 2. The Hall–Kier alpha value is -4.47. The Bertz CT molecular complexity index is 1850. The van der Waals surface area contributed by atoms with Crippen molar-refractivity contribution in [3.05, 3.63) is 62.7 Å². The van der Waals surface area contributed by atoms with Gasteiger partial charge in [-0.1, -0.05) is 12.1 Å². The highest BCUT2D eigenvalue weighted by Gasteiger charge is 2.50. The number of carbonyl (C=O) groups excluding carboxylic acids is 5. The Kier molecular flexibility index (Phi) is 9.43.